The molecular weight excluding hydrogens is 310 g/mol. The summed E-state index contributed by atoms with van der Waals surface area (Å²) in [4.78, 5) is 28.9. The molecule has 1 fully saturated rings. The SMILES string of the molecule is O=CC1CCCCN1CC(=O)Nc1ccc(Br)cn1. The van der Waals surface area contributed by atoms with Gasteiger partial charge in [0.2, 0.25) is 5.91 Å². The summed E-state index contributed by atoms with van der Waals surface area (Å²) in [7, 11) is 0. The molecule has 1 aliphatic rings. The van der Waals surface area contributed by atoms with Crippen LogP contribution >= 0.6 is 15.9 Å². The van der Waals surface area contributed by atoms with Gasteiger partial charge in [0.05, 0.1) is 12.6 Å². The number of aromatic nitrogens is 1. The number of carbonyl (C=O) groups is 2. The molecule has 0 radical (unpaired) electrons. The molecule has 1 atom stereocenters. The lowest BCUT2D eigenvalue weighted by Gasteiger charge is -2.31. The Morgan fingerprint density at radius 1 is 1.53 bits per heavy atom. The van der Waals surface area contributed by atoms with Gasteiger partial charge >= 0.3 is 0 Å². The van der Waals surface area contributed by atoms with Crippen LogP contribution in [0.1, 0.15) is 19.3 Å². The normalized spacial score (nSPS) is 19.9. The number of carbonyl (C=O) groups excluding carboxylic acids is 2. The van der Waals surface area contributed by atoms with E-state index < -0.39 is 0 Å². The van der Waals surface area contributed by atoms with Gasteiger partial charge in [0.1, 0.15) is 12.1 Å². The fraction of sp³-hybridized carbons (Fsp3) is 0.462. The number of hydrogen-bond acceptors (Lipinski definition) is 4. The Morgan fingerprint density at radius 3 is 3.05 bits per heavy atom. The average molecular weight is 326 g/mol. The third kappa shape index (κ3) is 4.11. The summed E-state index contributed by atoms with van der Waals surface area (Å²) in [5, 5.41) is 2.73. The van der Waals surface area contributed by atoms with Crippen molar-refractivity contribution in [1.82, 2.24) is 9.88 Å². The standard InChI is InChI=1S/C13H16BrN3O2/c14-10-4-5-12(15-7-10)16-13(19)8-17-6-2-1-3-11(17)9-18/h4-5,7,9,11H,1-3,6,8H2,(H,15,16,19). The van der Waals surface area contributed by atoms with Crippen LogP contribution in [0.15, 0.2) is 22.8 Å². The van der Waals surface area contributed by atoms with Gasteiger partial charge in [-0.3, -0.25) is 9.69 Å². The molecular formula is C13H16BrN3O2. The van der Waals surface area contributed by atoms with E-state index in [1.54, 1.807) is 12.3 Å². The van der Waals surface area contributed by atoms with Crippen molar-refractivity contribution in [3.8, 4) is 0 Å². The lowest BCUT2D eigenvalue weighted by molar-refractivity contribution is -0.120. The van der Waals surface area contributed by atoms with E-state index in [9.17, 15) is 9.59 Å². The maximum absolute atomic E-state index is 11.9. The highest BCUT2D eigenvalue weighted by Crippen LogP contribution is 2.15. The lowest BCUT2D eigenvalue weighted by atomic mass is 10.0. The van der Waals surface area contributed by atoms with Crippen molar-refractivity contribution >= 4 is 33.9 Å². The molecule has 5 nitrogen and oxygen atoms in total. The Labute approximate surface area is 120 Å². The fourth-order valence-corrected chi connectivity index (χ4v) is 2.42. The first kappa shape index (κ1) is 14.1. The largest absolute Gasteiger partial charge is 0.310 e. The number of hydrogen-bond donors (Lipinski definition) is 1. The van der Waals surface area contributed by atoms with Gasteiger partial charge in [-0.05, 0) is 47.4 Å². The Bertz CT molecular complexity index is 450. The second-order valence-corrected chi connectivity index (χ2v) is 5.50. The predicted molar refractivity (Wildman–Crippen MR) is 75.8 cm³/mol. The molecule has 0 aliphatic carbocycles. The van der Waals surface area contributed by atoms with E-state index in [2.05, 4.69) is 26.2 Å². The average Bonchev–Trinajstić information content (AvgIpc) is 2.42. The molecule has 1 aromatic heterocycles. The lowest BCUT2D eigenvalue weighted by Crippen LogP contribution is -2.44. The minimum Gasteiger partial charge on any atom is -0.310 e. The third-order valence-corrected chi connectivity index (χ3v) is 3.63. The summed E-state index contributed by atoms with van der Waals surface area (Å²) in [6.07, 6.45) is 5.49. The molecule has 6 heteroatoms. The fourth-order valence-electron chi connectivity index (χ4n) is 2.18. The number of piperidine rings is 1. The highest BCUT2D eigenvalue weighted by molar-refractivity contribution is 9.10. The van der Waals surface area contributed by atoms with Crippen LogP contribution in [0, 0.1) is 0 Å². The maximum atomic E-state index is 11.9. The molecule has 1 unspecified atom stereocenters. The van der Waals surface area contributed by atoms with Crippen molar-refractivity contribution in [3.05, 3.63) is 22.8 Å². The van der Waals surface area contributed by atoms with E-state index in [0.717, 1.165) is 36.6 Å². The highest BCUT2D eigenvalue weighted by Gasteiger charge is 2.23. The van der Waals surface area contributed by atoms with Crippen LogP contribution in [-0.4, -0.2) is 41.2 Å². The van der Waals surface area contributed by atoms with Gasteiger partial charge < -0.3 is 10.1 Å². The van der Waals surface area contributed by atoms with Gasteiger partial charge in [0.25, 0.3) is 0 Å². The summed E-state index contributed by atoms with van der Waals surface area (Å²) in [6, 6.07) is 3.42. The van der Waals surface area contributed by atoms with Crippen molar-refractivity contribution in [3.63, 3.8) is 0 Å². The molecule has 1 saturated heterocycles. The van der Waals surface area contributed by atoms with E-state index in [-0.39, 0.29) is 18.5 Å². The summed E-state index contributed by atoms with van der Waals surface area (Å²) in [5.41, 5.74) is 0. The van der Waals surface area contributed by atoms with E-state index >= 15 is 0 Å². The smallest absolute Gasteiger partial charge is 0.239 e. The molecule has 2 rings (SSSR count). The molecule has 2 heterocycles. The van der Waals surface area contributed by atoms with Gasteiger partial charge in [-0.2, -0.15) is 0 Å². The Hall–Kier alpha value is -1.27. The number of anilines is 1. The first-order valence-corrected chi connectivity index (χ1v) is 7.09. The number of aldehydes is 1. The van der Waals surface area contributed by atoms with Gasteiger partial charge in [-0.15, -0.1) is 0 Å². The van der Waals surface area contributed by atoms with E-state index in [0.29, 0.717) is 5.82 Å². The Morgan fingerprint density at radius 2 is 2.37 bits per heavy atom. The number of nitrogens with zero attached hydrogens (tertiary/aromatic N) is 2. The third-order valence-electron chi connectivity index (χ3n) is 3.16. The summed E-state index contributed by atoms with van der Waals surface area (Å²) < 4.78 is 0.863. The van der Waals surface area contributed by atoms with E-state index in [1.807, 2.05) is 11.0 Å². The van der Waals surface area contributed by atoms with Crippen LogP contribution in [0.2, 0.25) is 0 Å². The predicted octanol–water partition coefficient (Wildman–Crippen LogP) is 1.84. The first-order chi connectivity index (χ1) is 9.19. The van der Waals surface area contributed by atoms with Crippen molar-refractivity contribution in [2.24, 2.45) is 0 Å². The molecule has 1 N–H and O–H groups in total. The van der Waals surface area contributed by atoms with Gasteiger partial charge in [-0.1, -0.05) is 6.42 Å². The van der Waals surface area contributed by atoms with Crippen LogP contribution in [0.5, 0.6) is 0 Å². The number of pyridine rings is 1. The van der Waals surface area contributed by atoms with E-state index in [1.165, 1.54) is 0 Å². The molecule has 1 aliphatic heterocycles. The minimum absolute atomic E-state index is 0.127. The molecule has 0 saturated carbocycles. The molecule has 1 amide bonds. The van der Waals surface area contributed by atoms with Crippen LogP contribution in [-0.2, 0) is 9.59 Å². The number of nitrogens with one attached hydrogen (secondary N) is 1. The second-order valence-electron chi connectivity index (χ2n) is 4.58. The quantitative estimate of drug-likeness (QED) is 0.858. The van der Waals surface area contributed by atoms with Crippen molar-refractivity contribution in [2.75, 3.05) is 18.4 Å². The van der Waals surface area contributed by atoms with Crippen LogP contribution in [0.25, 0.3) is 0 Å². The first-order valence-electron chi connectivity index (χ1n) is 6.30. The number of rotatable bonds is 4. The highest BCUT2D eigenvalue weighted by atomic mass is 79.9. The summed E-state index contributed by atoms with van der Waals surface area (Å²) >= 11 is 3.29. The number of halogens is 1. The van der Waals surface area contributed by atoms with Crippen LogP contribution < -0.4 is 5.32 Å². The number of likely N-dealkylation sites (tertiary alicyclic amines) is 1. The van der Waals surface area contributed by atoms with Crippen LogP contribution in [0.3, 0.4) is 0 Å². The van der Waals surface area contributed by atoms with Crippen LogP contribution in [0.4, 0.5) is 5.82 Å². The summed E-state index contributed by atoms with van der Waals surface area (Å²) in [5.74, 6) is 0.386. The molecule has 1 aromatic rings. The van der Waals surface area contributed by atoms with Crippen molar-refractivity contribution < 1.29 is 9.59 Å². The van der Waals surface area contributed by atoms with E-state index in [4.69, 9.17) is 0 Å². The number of amides is 1. The second kappa shape index (κ2) is 6.77. The van der Waals surface area contributed by atoms with Crippen molar-refractivity contribution in [1.29, 1.82) is 0 Å². The molecule has 0 bridgehead atoms. The summed E-state index contributed by atoms with van der Waals surface area (Å²) in [6.45, 7) is 1.03. The molecule has 0 spiro atoms. The minimum atomic E-state index is -0.136. The zero-order valence-corrected chi connectivity index (χ0v) is 12.1. The van der Waals surface area contributed by atoms with Gasteiger partial charge in [0, 0.05) is 10.7 Å². The molecule has 19 heavy (non-hydrogen) atoms. The van der Waals surface area contributed by atoms with Gasteiger partial charge in [-0.25, -0.2) is 4.98 Å². The maximum Gasteiger partial charge on any atom is 0.239 e. The zero-order chi connectivity index (χ0) is 13.7. The molecule has 102 valence electrons. The van der Waals surface area contributed by atoms with Gasteiger partial charge in [0.15, 0.2) is 0 Å². The van der Waals surface area contributed by atoms with Crippen molar-refractivity contribution in [2.45, 2.75) is 25.3 Å². The topological polar surface area (TPSA) is 62.3 Å². The Balaban J connectivity index is 1.89. The zero-order valence-electron chi connectivity index (χ0n) is 10.5. The monoisotopic (exact) mass is 325 g/mol. The Kier molecular flexibility index (Phi) is 5.04. The molecule has 0 aromatic carbocycles.